The number of carbonyl (C=O) groups excluding carboxylic acids is 1. The summed E-state index contributed by atoms with van der Waals surface area (Å²) in [5.74, 6) is -0.555. The highest BCUT2D eigenvalue weighted by atomic mass is 19.1. The molecular weight excluding hydrogens is 247 g/mol. The fourth-order valence-electron chi connectivity index (χ4n) is 2.39. The lowest BCUT2D eigenvalue weighted by Gasteiger charge is -2.33. The molecule has 1 aromatic carbocycles. The third-order valence-corrected chi connectivity index (χ3v) is 3.44. The van der Waals surface area contributed by atoms with Crippen molar-refractivity contribution < 1.29 is 13.9 Å². The molecule has 0 bridgehead atoms. The van der Waals surface area contributed by atoms with Crippen molar-refractivity contribution in [2.75, 3.05) is 33.3 Å². The number of carbonyl (C=O) groups is 1. The van der Waals surface area contributed by atoms with Crippen LogP contribution in [-0.4, -0.2) is 44.2 Å². The quantitative estimate of drug-likeness (QED) is 0.836. The first-order valence-corrected chi connectivity index (χ1v) is 6.42. The van der Waals surface area contributed by atoms with Crippen molar-refractivity contribution in [3.63, 3.8) is 0 Å². The van der Waals surface area contributed by atoms with E-state index in [4.69, 9.17) is 4.74 Å². The predicted octanol–water partition coefficient (Wildman–Crippen LogP) is 1.25. The maximum absolute atomic E-state index is 13.3. The fraction of sp³-hybridized carbons (Fsp3) is 0.500. The first kappa shape index (κ1) is 14.0. The molecule has 0 amide bonds. The first-order valence-electron chi connectivity index (χ1n) is 6.42. The van der Waals surface area contributed by atoms with E-state index in [-0.39, 0.29) is 11.8 Å². The molecular formula is C14H19FN2O2. The van der Waals surface area contributed by atoms with Crippen molar-refractivity contribution in [1.82, 2.24) is 10.2 Å². The average Bonchev–Trinajstić information content (AvgIpc) is 2.44. The molecule has 0 radical (unpaired) electrons. The molecule has 4 nitrogen and oxygen atoms in total. The zero-order valence-electron chi connectivity index (χ0n) is 11.3. The van der Waals surface area contributed by atoms with Crippen molar-refractivity contribution in [1.29, 1.82) is 0 Å². The van der Waals surface area contributed by atoms with E-state index in [0.717, 1.165) is 31.7 Å². The zero-order chi connectivity index (χ0) is 13.8. The lowest BCUT2D eigenvalue weighted by Crippen LogP contribution is -2.47. The van der Waals surface area contributed by atoms with Crippen molar-refractivity contribution in [3.8, 4) is 0 Å². The summed E-state index contributed by atoms with van der Waals surface area (Å²) < 4.78 is 18.2. The van der Waals surface area contributed by atoms with E-state index in [9.17, 15) is 9.18 Å². The van der Waals surface area contributed by atoms with Gasteiger partial charge in [-0.1, -0.05) is 12.1 Å². The van der Waals surface area contributed by atoms with Crippen LogP contribution in [-0.2, 0) is 9.53 Å². The van der Waals surface area contributed by atoms with E-state index in [1.165, 1.54) is 13.2 Å². The molecule has 2 rings (SSSR count). The van der Waals surface area contributed by atoms with Gasteiger partial charge in [-0.25, -0.2) is 9.18 Å². The number of methoxy groups -OCH3 is 1. The molecule has 1 heterocycles. The van der Waals surface area contributed by atoms with Crippen LogP contribution in [0.4, 0.5) is 4.39 Å². The number of esters is 1. The molecule has 5 heteroatoms. The second kappa shape index (κ2) is 6.12. The van der Waals surface area contributed by atoms with E-state index >= 15 is 0 Å². The molecule has 0 spiro atoms. The average molecular weight is 266 g/mol. The van der Waals surface area contributed by atoms with Gasteiger partial charge in [-0.2, -0.15) is 0 Å². The Bertz CT molecular complexity index is 459. The Morgan fingerprint density at radius 2 is 2.11 bits per heavy atom. The lowest BCUT2D eigenvalue weighted by molar-refractivity contribution is -0.147. The van der Waals surface area contributed by atoms with Gasteiger partial charge in [0.25, 0.3) is 0 Å². The van der Waals surface area contributed by atoms with Crippen molar-refractivity contribution in [3.05, 3.63) is 35.1 Å². The molecule has 1 saturated heterocycles. The van der Waals surface area contributed by atoms with E-state index in [1.54, 1.807) is 19.1 Å². The standard InChI is InChI=1S/C14H19FN2O2/c1-10-9-11(3-4-12(10)15)13(14(18)19-2)17-7-5-16-6-8-17/h3-4,9,13,16H,5-8H2,1-2H3. The Morgan fingerprint density at radius 3 is 2.68 bits per heavy atom. The number of benzene rings is 1. The van der Waals surface area contributed by atoms with E-state index in [2.05, 4.69) is 10.2 Å². The molecule has 1 atom stereocenters. The Balaban J connectivity index is 2.30. The van der Waals surface area contributed by atoms with Crippen LogP contribution in [0.1, 0.15) is 17.2 Å². The normalized spacial score (nSPS) is 18.1. The van der Waals surface area contributed by atoms with Gasteiger partial charge in [-0.05, 0) is 24.1 Å². The second-order valence-electron chi connectivity index (χ2n) is 4.72. The number of aryl methyl sites for hydroxylation is 1. The number of nitrogens with one attached hydrogen (secondary N) is 1. The van der Waals surface area contributed by atoms with Gasteiger partial charge < -0.3 is 10.1 Å². The largest absolute Gasteiger partial charge is 0.468 e. The van der Waals surface area contributed by atoms with Gasteiger partial charge in [0.05, 0.1) is 7.11 Å². The Morgan fingerprint density at radius 1 is 1.42 bits per heavy atom. The van der Waals surface area contributed by atoms with Gasteiger partial charge in [0.1, 0.15) is 11.9 Å². The highest BCUT2D eigenvalue weighted by molar-refractivity contribution is 5.77. The minimum atomic E-state index is -0.452. The number of piperazine rings is 1. The van der Waals surface area contributed by atoms with Gasteiger partial charge >= 0.3 is 5.97 Å². The maximum atomic E-state index is 13.3. The summed E-state index contributed by atoms with van der Waals surface area (Å²) in [6, 6.07) is 4.33. The molecule has 1 unspecified atom stereocenters. The molecule has 19 heavy (non-hydrogen) atoms. The van der Waals surface area contributed by atoms with Gasteiger partial charge in [0, 0.05) is 26.2 Å². The molecule has 0 aliphatic carbocycles. The highest BCUT2D eigenvalue weighted by Crippen LogP contribution is 2.24. The Kier molecular flexibility index (Phi) is 4.50. The minimum Gasteiger partial charge on any atom is -0.468 e. The summed E-state index contributed by atoms with van der Waals surface area (Å²) >= 11 is 0. The summed E-state index contributed by atoms with van der Waals surface area (Å²) in [6.07, 6.45) is 0. The monoisotopic (exact) mass is 266 g/mol. The van der Waals surface area contributed by atoms with Crippen molar-refractivity contribution in [2.24, 2.45) is 0 Å². The first-order chi connectivity index (χ1) is 9.13. The van der Waals surface area contributed by atoms with Crippen LogP contribution >= 0.6 is 0 Å². The van der Waals surface area contributed by atoms with E-state index < -0.39 is 6.04 Å². The topological polar surface area (TPSA) is 41.6 Å². The maximum Gasteiger partial charge on any atom is 0.327 e. The second-order valence-corrected chi connectivity index (χ2v) is 4.72. The molecule has 1 aliphatic heterocycles. The molecule has 1 fully saturated rings. The van der Waals surface area contributed by atoms with Gasteiger partial charge in [0.15, 0.2) is 0 Å². The van der Waals surface area contributed by atoms with Gasteiger partial charge in [-0.15, -0.1) is 0 Å². The summed E-state index contributed by atoms with van der Waals surface area (Å²) in [5, 5.41) is 3.24. The lowest BCUT2D eigenvalue weighted by atomic mass is 10.0. The van der Waals surface area contributed by atoms with Crippen LogP contribution in [0.15, 0.2) is 18.2 Å². The number of hydrogen-bond donors (Lipinski definition) is 1. The Hall–Kier alpha value is -1.46. The SMILES string of the molecule is COC(=O)C(c1ccc(F)c(C)c1)N1CCNCC1. The summed E-state index contributed by atoms with van der Waals surface area (Å²) in [7, 11) is 1.38. The number of ether oxygens (including phenoxy) is 1. The molecule has 1 N–H and O–H groups in total. The van der Waals surface area contributed by atoms with Crippen molar-refractivity contribution in [2.45, 2.75) is 13.0 Å². The third-order valence-electron chi connectivity index (χ3n) is 3.44. The predicted molar refractivity (Wildman–Crippen MR) is 70.3 cm³/mol. The van der Waals surface area contributed by atoms with Crippen LogP contribution in [0.5, 0.6) is 0 Å². The van der Waals surface area contributed by atoms with Crippen LogP contribution in [0.3, 0.4) is 0 Å². The number of halogens is 1. The van der Waals surface area contributed by atoms with Crippen molar-refractivity contribution >= 4 is 5.97 Å². The summed E-state index contributed by atoms with van der Waals surface area (Å²) in [6.45, 7) is 4.93. The smallest absolute Gasteiger partial charge is 0.327 e. The molecule has 1 aromatic rings. The van der Waals surface area contributed by atoms with E-state index in [0.29, 0.717) is 5.56 Å². The zero-order valence-corrected chi connectivity index (χ0v) is 11.3. The molecule has 104 valence electrons. The van der Waals surface area contributed by atoms with Gasteiger partial charge in [0.2, 0.25) is 0 Å². The third kappa shape index (κ3) is 3.11. The number of hydrogen-bond acceptors (Lipinski definition) is 4. The van der Waals surface area contributed by atoms with Crippen LogP contribution in [0.25, 0.3) is 0 Å². The minimum absolute atomic E-state index is 0.257. The van der Waals surface area contributed by atoms with Crippen LogP contribution < -0.4 is 5.32 Å². The fourth-order valence-corrected chi connectivity index (χ4v) is 2.39. The van der Waals surface area contributed by atoms with E-state index in [1.807, 2.05) is 0 Å². The summed E-state index contributed by atoms with van der Waals surface area (Å²) in [4.78, 5) is 14.1. The van der Waals surface area contributed by atoms with Crippen LogP contribution in [0.2, 0.25) is 0 Å². The molecule has 0 saturated carbocycles. The van der Waals surface area contributed by atoms with Gasteiger partial charge in [-0.3, -0.25) is 4.90 Å². The highest BCUT2D eigenvalue weighted by Gasteiger charge is 2.29. The molecule has 0 aromatic heterocycles. The Labute approximate surface area is 112 Å². The summed E-state index contributed by atoms with van der Waals surface area (Å²) in [5.41, 5.74) is 1.33. The van der Waals surface area contributed by atoms with Crippen LogP contribution in [0, 0.1) is 12.7 Å². The number of rotatable bonds is 3. The molecule has 1 aliphatic rings. The number of nitrogens with zero attached hydrogens (tertiary/aromatic N) is 1.